The summed E-state index contributed by atoms with van der Waals surface area (Å²) in [5.41, 5.74) is 3.99. The maximum Gasteiger partial charge on any atom is 0.0535 e. The highest BCUT2D eigenvalue weighted by molar-refractivity contribution is 5.46. The Hall–Kier alpha value is -1.81. The minimum atomic E-state index is 0.116. The van der Waals surface area contributed by atoms with Crippen molar-refractivity contribution >= 4 is 5.69 Å². The standard InChI is InChI=1S/C19H28N4/c1-19(2,3)18-16(13-21-22-18)12-20-11-15-9-10-23(14-15)17-7-5-4-6-8-17/h4-8,13,15,20H,9-12,14H2,1-3H3,(H,21,22). The van der Waals surface area contributed by atoms with Gasteiger partial charge in [-0.1, -0.05) is 39.0 Å². The van der Waals surface area contributed by atoms with Crippen LogP contribution in [0.3, 0.4) is 0 Å². The van der Waals surface area contributed by atoms with Crippen molar-refractivity contribution in [2.75, 3.05) is 24.5 Å². The average molecular weight is 312 g/mol. The van der Waals surface area contributed by atoms with Crippen LogP contribution in [0.4, 0.5) is 5.69 Å². The Bertz CT molecular complexity index is 612. The summed E-state index contributed by atoms with van der Waals surface area (Å²) in [6.45, 7) is 10.9. The number of H-pyrrole nitrogens is 1. The van der Waals surface area contributed by atoms with Crippen LogP contribution in [0.2, 0.25) is 0 Å². The molecule has 1 aliphatic rings. The van der Waals surface area contributed by atoms with Gasteiger partial charge in [0.2, 0.25) is 0 Å². The predicted molar refractivity (Wildman–Crippen MR) is 95.8 cm³/mol. The fourth-order valence-corrected chi connectivity index (χ4v) is 3.38. The van der Waals surface area contributed by atoms with Crippen molar-refractivity contribution in [2.24, 2.45) is 5.92 Å². The van der Waals surface area contributed by atoms with Gasteiger partial charge in [-0.2, -0.15) is 5.10 Å². The summed E-state index contributed by atoms with van der Waals surface area (Å²) in [4.78, 5) is 2.49. The lowest BCUT2D eigenvalue weighted by atomic mass is 9.89. The molecular formula is C19H28N4. The molecule has 1 fully saturated rings. The summed E-state index contributed by atoms with van der Waals surface area (Å²) in [6, 6.07) is 10.7. The fourth-order valence-electron chi connectivity index (χ4n) is 3.38. The highest BCUT2D eigenvalue weighted by Gasteiger charge is 2.23. The molecule has 0 saturated carbocycles. The molecule has 1 aromatic carbocycles. The predicted octanol–water partition coefficient (Wildman–Crippen LogP) is 3.32. The first kappa shape index (κ1) is 16.1. The molecular weight excluding hydrogens is 284 g/mol. The second-order valence-corrected chi connectivity index (χ2v) is 7.59. The molecule has 1 aliphatic heterocycles. The van der Waals surface area contributed by atoms with Gasteiger partial charge < -0.3 is 10.2 Å². The van der Waals surface area contributed by atoms with E-state index in [2.05, 4.69) is 71.5 Å². The summed E-state index contributed by atoms with van der Waals surface area (Å²) in [6.07, 6.45) is 3.22. The monoisotopic (exact) mass is 312 g/mol. The molecule has 1 saturated heterocycles. The molecule has 1 aromatic heterocycles. The molecule has 0 aliphatic carbocycles. The minimum Gasteiger partial charge on any atom is -0.371 e. The van der Waals surface area contributed by atoms with Gasteiger partial charge in [0.1, 0.15) is 0 Å². The first-order valence-electron chi connectivity index (χ1n) is 8.57. The largest absolute Gasteiger partial charge is 0.371 e. The SMILES string of the molecule is CC(C)(C)c1[nH]ncc1CNCC1CCN(c2ccccc2)C1. The Morgan fingerprint density at radius 2 is 2.04 bits per heavy atom. The van der Waals surface area contributed by atoms with E-state index in [9.17, 15) is 0 Å². The smallest absolute Gasteiger partial charge is 0.0535 e. The van der Waals surface area contributed by atoms with Gasteiger partial charge in [0.25, 0.3) is 0 Å². The van der Waals surface area contributed by atoms with E-state index in [1.54, 1.807) is 0 Å². The Morgan fingerprint density at radius 1 is 1.26 bits per heavy atom. The zero-order chi connectivity index (χ0) is 16.3. The molecule has 2 heterocycles. The fraction of sp³-hybridized carbons (Fsp3) is 0.526. The molecule has 4 heteroatoms. The quantitative estimate of drug-likeness (QED) is 0.890. The molecule has 1 atom stereocenters. The van der Waals surface area contributed by atoms with E-state index in [-0.39, 0.29) is 5.41 Å². The summed E-state index contributed by atoms with van der Waals surface area (Å²) in [7, 11) is 0. The van der Waals surface area contributed by atoms with Crippen molar-refractivity contribution in [3.63, 3.8) is 0 Å². The maximum atomic E-state index is 4.22. The van der Waals surface area contributed by atoms with Crippen molar-refractivity contribution < 1.29 is 0 Å². The van der Waals surface area contributed by atoms with E-state index >= 15 is 0 Å². The Morgan fingerprint density at radius 3 is 2.78 bits per heavy atom. The maximum absolute atomic E-state index is 4.22. The van der Waals surface area contributed by atoms with Gasteiger partial charge in [-0.3, -0.25) is 5.10 Å². The van der Waals surface area contributed by atoms with Crippen molar-refractivity contribution in [1.29, 1.82) is 0 Å². The Kier molecular flexibility index (Phi) is 4.71. The molecule has 0 amide bonds. The van der Waals surface area contributed by atoms with Gasteiger partial charge in [0.15, 0.2) is 0 Å². The number of benzene rings is 1. The van der Waals surface area contributed by atoms with Gasteiger partial charge in [-0.15, -0.1) is 0 Å². The number of nitrogens with one attached hydrogen (secondary N) is 2. The first-order valence-corrected chi connectivity index (χ1v) is 8.57. The summed E-state index contributed by atoms with van der Waals surface area (Å²) in [5, 5.41) is 11.0. The van der Waals surface area contributed by atoms with Crippen molar-refractivity contribution in [2.45, 2.75) is 39.2 Å². The third kappa shape index (κ3) is 3.94. The molecule has 3 rings (SSSR count). The summed E-state index contributed by atoms with van der Waals surface area (Å²) in [5.74, 6) is 0.722. The average Bonchev–Trinajstić information content (AvgIpc) is 3.17. The van der Waals surface area contributed by atoms with E-state index in [0.717, 1.165) is 32.1 Å². The van der Waals surface area contributed by atoms with Crippen LogP contribution in [0, 0.1) is 5.92 Å². The topological polar surface area (TPSA) is 44.0 Å². The van der Waals surface area contributed by atoms with Crippen LogP contribution in [0.15, 0.2) is 36.5 Å². The van der Waals surface area contributed by atoms with E-state index in [1.165, 1.54) is 23.4 Å². The van der Waals surface area contributed by atoms with Gasteiger partial charge in [-0.05, 0) is 24.5 Å². The third-order valence-corrected chi connectivity index (χ3v) is 4.62. The van der Waals surface area contributed by atoms with Gasteiger partial charge in [0.05, 0.1) is 6.20 Å². The van der Waals surface area contributed by atoms with E-state index in [0.29, 0.717) is 0 Å². The molecule has 2 aromatic rings. The third-order valence-electron chi connectivity index (χ3n) is 4.62. The molecule has 0 radical (unpaired) electrons. The molecule has 2 N–H and O–H groups in total. The molecule has 124 valence electrons. The second kappa shape index (κ2) is 6.75. The molecule has 0 spiro atoms. The summed E-state index contributed by atoms with van der Waals surface area (Å²) < 4.78 is 0. The number of hydrogen-bond acceptors (Lipinski definition) is 3. The number of rotatable bonds is 5. The zero-order valence-corrected chi connectivity index (χ0v) is 14.5. The Labute approximate surface area is 139 Å². The van der Waals surface area contributed by atoms with Crippen molar-refractivity contribution in [1.82, 2.24) is 15.5 Å². The van der Waals surface area contributed by atoms with Crippen LogP contribution in [-0.4, -0.2) is 29.8 Å². The van der Waals surface area contributed by atoms with Crippen LogP contribution in [0.1, 0.15) is 38.4 Å². The first-order chi connectivity index (χ1) is 11.0. The molecule has 23 heavy (non-hydrogen) atoms. The van der Waals surface area contributed by atoms with Crippen LogP contribution >= 0.6 is 0 Å². The number of nitrogens with zero attached hydrogens (tertiary/aromatic N) is 2. The van der Waals surface area contributed by atoms with E-state index in [1.807, 2.05) is 6.20 Å². The number of para-hydroxylation sites is 1. The zero-order valence-electron chi connectivity index (χ0n) is 14.5. The van der Waals surface area contributed by atoms with Crippen LogP contribution in [0.5, 0.6) is 0 Å². The lowest BCUT2D eigenvalue weighted by molar-refractivity contribution is 0.508. The lowest BCUT2D eigenvalue weighted by Crippen LogP contribution is -2.27. The van der Waals surface area contributed by atoms with Crippen LogP contribution in [-0.2, 0) is 12.0 Å². The van der Waals surface area contributed by atoms with Gasteiger partial charge in [-0.25, -0.2) is 0 Å². The highest BCUT2D eigenvalue weighted by Crippen LogP contribution is 2.24. The molecule has 1 unspecified atom stereocenters. The number of aromatic amines is 1. The number of anilines is 1. The normalized spacial score (nSPS) is 18.6. The van der Waals surface area contributed by atoms with E-state index in [4.69, 9.17) is 0 Å². The number of aromatic nitrogens is 2. The Balaban J connectivity index is 1.48. The van der Waals surface area contributed by atoms with Crippen LogP contribution in [0.25, 0.3) is 0 Å². The van der Waals surface area contributed by atoms with E-state index < -0.39 is 0 Å². The van der Waals surface area contributed by atoms with Crippen molar-refractivity contribution in [3.8, 4) is 0 Å². The second-order valence-electron chi connectivity index (χ2n) is 7.59. The van der Waals surface area contributed by atoms with Gasteiger partial charge >= 0.3 is 0 Å². The van der Waals surface area contributed by atoms with Crippen molar-refractivity contribution in [3.05, 3.63) is 47.8 Å². The minimum absolute atomic E-state index is 0.116. The van der Waals surface area contributed by atoms with Gasteiger partial charge in [0, 0.05) is 48.5 Å². The number of hydrogen-bond donors (Lipinski definition) is 2. The highest BCUT2D eigenvalue weighted by atomic mass is 15.2. The van der Waals surface area contributed by atoms with Crippen LogP contribution < -0.4 is 10.2 Å². The molecule has 0 bridgehead atoms. The lowest BCUT2D eigenvalue weighted by Gasteiger charge is -2.20. The summed E-state index contributed by atoms with van der Waals surface area (Å²) >= 11 is 0. The molecule has 4 nitrogen and oxygen atoms in total.